The Labute approximate surface area is 356 Å². The molecule has 0 saturated carbocycles. The van der Waals surface area contributed by atoms with Crippen LogP contribution in [0, 0.1) is 0 Å². The Bertz CT molecular complexity index is 1850. The van der Waals surface area contributed by atoms with Gasteiger partial charge in [-0.3, -0.25) is 9.05 Å². The molecule has 1 aliphatic heterocycles. The van der Waals surface area contributed by atoms with E-state index in [-0.39, 0.29) is 25.6 Å². The van der Waals surface area contributed by atoms with E-state index in [0.717, 1.165) is 29.5 Å². The monoisotopic (exact) mass is 852 g/mol. The van der Waals surface area contributed by atoms with Crippen LogP contribution in [0.25, 0.3) is 16.6 Å². The van der Waals surface area contributed by atoms with Crippen LogP contribution in [0.2, 0.25) is 0 Å². The molecule has 2 aromatic heterocycles. The van der Waals surface area contributed by atoms with Gasteiger partial charge in [0, 0.05) is 6.61 Å². The van der Waals surface area contributed by atoms with Crippen molar-refractivity contribution in [2.45, 2.75) is 153 Å². The third kappa shape index (κ3) is 14.7. The number of anilines is 1. The highest BCUT2D eigenvalue weighted by molar-refractivity contribution is 7.47. The lowest BCUT2D eigenvalue weighted by atomic mass is 9.93. The molecule has 0 spiro atoms. The highest BCUT2D eigenvalue weighted by Crippen LogP contribution is 2.46. The fourth-order valence-corrected chi connectivity index (χ4v) is 8.55. The molecule has 13 nitrogen and oxygen atoms in total. The molecule has 14 heteroatoms. The third-order valence-corrected chi connectivity index (χ3v) is 12.4. The number of nitrogen functional groups attached to an aromatic ring is 1. The fourth-order valence-electron chi connectivity index (χ4n) is 7.79. The van der Waals surface area contributed by atoms with Gasteiger partial charge >= 0.3 is 7.82 Å². The molecule has 0 amide bonds. The van der Waals surface area contributed by atoms with Crippen molar-refractivity contribution in [1.82, 2.24) is 14.6 Å². The van der Waals surface area contributed by atoms with Crippen LogP contribution < -0.4 is 5.73 Å². The summed E-state index contributed by atoms with van der Waals surface area (Å²) in [5.41, 5.74) is 8.59. The average molecular weight is 853 g/mol. The van der Waals surface area contributed by atoms with Crippen LogP contribution in [-0.4, -0.2) is 80.5 Å². The molecular formula is C46H69N4O9P. The van der Waals surface area contributed by atoms with Gasteiger partial charge in [-0.1, -0.05) is 158 Å². The Kier molecular flexibility index (Phi) is 19.9. The molecule has 6 atom stereocenters. The Balaban J connectivity index is 1.04. The molecule has 0 bridgehead atoms. The van der Waals surface area contributed by atoms with Gasteiger partial charge in [-0.25, -0.2) is 14.1 Å². The van der Waals surface area contributed by atoms with Crippen LogP contribution in [0.1, 0.15) is 128 Å². The Morgan fingerprint density at radius 2 is 1.40 bits per heavy atom. The molecule has 0 radical (unpaired) electrons. The molecule has 3 heterocycles. The van der Waals surface area contributed by atoms with E-state index in [2.05, 4.69) is 29.1 Å². The van der Waals surface area contributed by atoms with Crippen LogP contribution in [0.3, 0.4) is 0 Å². The maximum absolute atomic E-state index is 13.1. The number of nitrogens with zero attached hydrogens (tertiary/aromatic N) is 3. The van der Waals surface area contributed by atoms with Crippen LogP contribution in [0.4, 0.5) is 5.82 Å². The van der Waals surface area contributed by atoms with E-state index in [1.807, 2.05) is 42.5 Å². The largest absolute Gasteiger partial charge is 0.472 e. The van der Waals surface area contributed by atoms with Crippen LogP contribution in [0.15, 0.2) is 73.1 Å². The van der Waals surface area contributed by atoms with Crippen LogP contribution in [-0.2, 0) is 40.0 Å². The van der Waals surface area contributed by atoms with Crippen LogP contribution in [0.5, 0.6) is 0 Å². The fraction of sp³-hybridized carbons (Fsp3) is 0.609. The number of ether oxygens (including phenoxy) is 3. The summed E-state index contributed by atoms with van der Waals surface area (Å²) in [6.45, 7) is 4.00. The van der Waals surface area contributed by atoms with Crippen LogP contribution >= 0.6 is 7.82 Å². The Hall–Kier alpha value is -3.23. The third-order valence-electron chi connectivity index (χ3n) is 11.5. The first kappa shape index (κ1) is 47.8. The lowest BCUT2D eigenvalue weighted by molar-refractivity contribution is -0.0901. The second-order valence-corrected chi connectivity index (χ2v) is 17.7. The SMILES string of the molecule is CCCCCCCCCCCCCCCCCCOC[C@H](COP(=O)(O)OC[C@H]1O[C@@](C)(c2ccc3c(N)ncnn23)[C@H](O)[C@@H]1O)OCc1ccc(-c2ccccc2)cc1. The molecule has 5 rings (SSSR count). The zero-order valence-corrected chi connectivity index (χ0v) is 36.6. The van der Waals surface area contributed by atoms with Crippen molar-refractivity contribution < 1.29 is 42.9 Å². The van der Waals surface area contributed by atoms with Crippen molar-refractivity contribution in [3.8, 4) is 11.1 Å². The van der Waals surface area contributed by atoms with Crippen molar-refractivity contribution >= 4 is 19.2 Å². The molecule has 1 aliphatic rings. The summed E-state index contributed by atoms with van der Waals surface area (Å²) in [7, 11) is -4.66. The predicted octanol–water partition coefficient (Wildman–Crippen LogP) is 9.31. The first-order valence-corrected chi connectivity index (χ1v) is 23.7. The number of phosphoric acid groups is 1. The van der Waals surface area contributed by atoms with Crippen molar-refractivity contribution in [2.75, 3.05) is 32.2 Å². The van der Waals surface area contributed by atoms with Crippen molar-refractivity contribution in [1.29, 1.82) is 0 Å². The maximum Gasteiger partial charge on any atom is 0.472 e. The normalized spacial score (nSPS) is 20.8. The van der Waals surface area contributed by atoms with E-state index < -0.39 is 44.4 Å². The summed E-state index contributed by atoms with van der Waals surface area (Å²) in [4.78, 5) is 14.7. The number of fused-ring (bicyclic) bond motifs is 1. The van der Waals surface area contributed by atoms with E-state index in [9.17, 15) is 19.7 Å². The molecule has 0 aliphatic carbocycles. The summed E-state index contributed by atoms with van der Waals surface area (Å²) >= 11 is 0. The minimum atomic E-state index is -4.66. The van der Waals surface area contributed by atoms with Crippen molar-refractivity contribution in [3.05, 3.63) is 84.3 Å². The highest BCUT2D eigenvalue weighted by atomic mass is 31.2. The number of nitrogens with two attached hydrogens (primary N) is 1. The van der Waals surface area contributed by atoms with Gasteiger partial charge in [-0.2, -0.15) is 5.10 Å². The zero-order valence-electron chi connectivity index (χ0n) is 35.7. The number of rotatable bonds is 30. The number of phosphoric ester groups is 1. The molecule has 4 aromatic rings. The summed E-state index contributed by atoms with van der Waals surface area (Å²) in [6, 6.07) is 21.5. The summed E-state index contributed by atoms with van der Waals surface area (Å²) in [5, 5.41) is 26.2. The van der Waals surface area contributed by atoms with Gasteiger partial charge in [0.2, 0.25) is 0 Å². The summed E-state index contributed by atoms with van der Waals surface area (Å²) in [6.07, 6.45) is 17.3. The van der Waals surface area contributed by atoms with Gasteiger partial charge in [-0.15, -0.1) is 0 Å². The number of unbranched alkanes of at least 4 members (excludes halogenated alkanes) is 15. The summed E-state index contributed by atoms with van der Waals surface area (Å²) < 4.78 is 43.6. The smallest absolute Gasteiger partial charge is 0.387 e. The zero-order chi connectivity index (χ0) is 42.6. The Morgan fingerprint density at radius 1 is 0.800 bits per heavy atom. The molecule has 332 valence electrons. The lowest BCUT2D eigenvalue weighted by Crippen LogP contribution is -2.39. The van der Waals surface area contributed by atoms with Gasteiger partial charge in [0.1, 0.15) is 41.9 Å². The van der Waals surface area contributed by atoms with E-state index >= 15 is 0 Å². The second-order valence-electron chi connectivity index (χ2n) is 16.3. The number of aromatic nitrogens is 3. The molecular weight excluding hydrogens is 783 g/mol. The topological polar surface area (TPSA) is 180 Å². The lowest BCUT2D eigenvalue weighted by Gasteiger charge is -2.27. The van der Waals surface area contributed by atoms with E-state index in [0.29, 0.717) is 17.8 Å². The van der Waals surface area contributed by atoms with Gasteiger partial charge in [0.15, 0.2) is 5.82 Å². The standard InChI is InChI=1S/C46H69N4O9P/c1-3-4-5-6-7-8-9-10-11-12-13-14-15-16-17-21-30-55-32-39(56-31-36-24-26-38(27-25-36)37-22-19-18-20-23-37)33-57-60(53,54)58-34-41-43(51)44(52)46(2,59-41)42-29-28-40-45(47)48-35-49-50(40)42/h18-20,22-29,35,39,41,43-44,51-52H,3-17,21,30-34H2,1-2H3,(H,53,54)(H2,47,48,49)/t39-,41-,43-,44-,46+/m1/s1. The average Bonchev–Trinajstić information content (AvgIpc) is 3.80. The molecule has 1 fully saturated rings. The first-order chi connectivity index (χ1) is 29.1. The molecule has 1 saturated heterocycles. The number of benzene rings is 2. The van der Waals surface area contributed by atoms with Gasteiger partial charge in [-0.05, 0) is 42.2 Å². The van der Waals surface area contributed by atoms with Gasteiger partial charge in [0.25, 0.3) is 0 Å². The summed E-state index contributed by atoms with van der Waals surface area (Å²) in [5.74, 6) is 0.236. The van der Waals surface area contributed by atoms with Crippen molar-refractivity contribution in [2.24, 2.45) is 0 Å². The molecule has 60 heavy (non-hydrogen) atoms. The highest BCUT2D eigenvalue weighted by Gasteiger charge is 2.54. The maximum atomic E-state index is 13.1. The number of hydrogen-bond donors (Lipinski definition) is 4. The van der Waals surface area contributed by atoms with Crippen molar-refractivity contribution in [3.63, 3.8) is 0 Å². The van der Waals surface area contributed by atoms with Gasteiger partial charge < -0.3 is 35.1 Å². The second kappa shape index (κ2) is 25.0. The van der Waals surface area contributed by atoms with Gasteiger partial charge in [0.05, 0.1) is 32.1 Å². The molecule has 5 N–H and O–H groups in total. The number of hydrogen-bond acceptors (Lipinski definition) is 11. The number of aliphatic hydroxyl groups is 2. The van der Waals surface area contributed by atoms with E-state index in [1.54, 1.807) is 19.1 Å². The number of aliphatic hydroxyl groups excluding tert-OH is 2. The van der Waals surface area contributed by atoms with E-state index in [1.165, 1.54) is 101 Å². The Morgan fingerprint density at radius 3 is 2.03 bits per heavy atom. The quantitative estimate of drug-likeness (QED) is 0.0289. The molecule has 2 aromatic carbocycles. The van der Waals surface area contributed by atoms with E-state index in [4.69, 9.17) is 29.0 Å². The predicted molar refractivity (Wildman–Crippen MR) is 234 cm³/mol. The minimum Gasteiger partial charge on any atom is -0.387 e. The minimum absolute atomic E-state index is 0.162. The first-order valence-electron chi connectivity index (χ1n) is 22.2. The molecule has 1 unspecified atom stereocenters.